The van der Waals surface area contributed by atoms with Gasteiger partial charge in [-0.15, -0.1) is 0 Å². The van der Waals surface area contributed by atoms with E-state index in [0.29, 0.717) is 37.8 Å². The maximum Gasteiger partial charge on any atom is 0.387 e. The monoisotopic (exact) mass is 515 g/mol. The first-order valence-corrected chi connectivity index (χ1v) is 13.7. The number of hydrogen-bond donors (Lipinski definition) is 3. The van der Waals surface area contributed by atoms with Gasteiger partial charge in [-0.3, -0.25) is 18.6 Å². The Labute approximate surface area is 204 Å². The Bertz CT molecular complexity index is 1100. The normalized spacial score (nSPS) is 22.1. The first kappa shape index (κ1) is 25.8. The Morgan fingerprint density at radius 2 is 1.97 bits per heavy atom. The molecule has 2 aromatic rings. The lowest BCUT2D eigenvalue weighted by Gasteiger charge is -2.45. The molecule has 0 radical (unpaired) electrons. The Morgan fingerprint density at radius 1 is 1.29 bits per heavy atom. The van der Waals surface area contributed by atoms with Gasteiger partial charge >= 0.3 is 6.61 Å². The van der Waals surface area contributed by atoms with Gasteiger partial charge in [0.05, 0.1) is 5.69 Å². The van der Waals surface area contributed by atoms with E-state index >= 15 is 0 Å². The third kappa shape index (κ3) is 5.62. The molecule has 7 nitrogen and oxygen atoms in total. The number of alkyl halides is 2. The number of ether oxygens (including phenoxy) is 1. The smallest absolute Gasteiger partial charge is 0.387 e. The fourth-order valence-electron chi connectivity index (χ4n) is 4.90. The number of nitrogens with one attached hydrogen (secondary N) is 1. The summed E-state index contributed by atoms with van der Waals surface area (Å²) in [6, 6.07) is 3.43. The third-order valence-corrected chi connectivity index (χ3v) is 8.68. The van der Waals surface area contributed by atoms with Gasteiger partial charge in [0, 0.05) is 52.2 Å². The Balaban J connectivity index is 1.58. The maximum absolute atomic E-state index is 14.7. The number of carbonyl (C=O) groups is 1. The SMILES string of the molecule is CC(C)n1nc(-c2cc(OC(F)F)ccc2F)c2c1CC(C(=O)NC1(C)CCS(O)(O)CC1)CC2. The second-order valence-corrected chi connectivity index (χ2v) is 12.5. The van der Waals surface area contributed by atoms with Gasteiger partial charge in [-0.1, -0.05) is 0 Å². The average Bonchev–Trinajstić information content (AvgIpc) is 3.16. The molecular formula is C24H32F3N3O4S. The first-order valence-electron chi connectivity index (χ1n) is 11.8. The number of hydrogen-bond acceptors (Lipinski definition) is 5. The number of rotatable bonds is 6. The van der Waals surface area contributed by atoms with Crippen LogP contribution in [0.15, 0.2) is 18.2 Å². The van der Waals surface area contributed by atoms with E-state index in [1.54, 1.807) is 4.68 Å². The summed E-state index contributed by atoms with van der Waals surface area (Å²) < 4.78 is 66.2. The predicted molar refractivity (Wildman–Crippen MR) is 129 cm³/mol. The number of amides is 1. The summed E-state index contributed by atoms with van der Waals surface area (Å²) in [5.41, 5.74) is 1.64. The minimum Gasteiger partial charge on any atom is -0.435 e. The molecular weight excluding hydrogens is 483 g/mol. The molecule has 0 bridgehead atoms. The standard InChI is InChI=1S/C24H32F3N3O4S/c1-14(2)30-20-12-15(22(31)28-24(3)8-10-35(32,33)11-9-24)4-6-17(20)21(29-30)18-13-16(34-23(26)27)5-7-19(18)25/h5,7,13-15,23,32-33H,4,6,8-12H2,1-3H3,(H,28,31). The van der Waals surface area contributed by atoms with E-state index in [-0.39, 0.29) is 40.7 Å². The molecule has 1 unspecified atom stereocenters. The Kier molecular flexibility index (Phi) is 7.14. The highest BCUT2D eigenvalue weighted by Gasteiger charge is 2.38. The van der Waals surface area contributed by atoms with Crippen molar-refractivity contribution >= 4 is 16.5 Å². The zero-order valence-electron chi connectivity index (χ0n) is 20.1. The van der Waals surface area contributed by atoms with E-state index in [1.807, 2.05) is 20.8 Å². The summed E-state index contributed by atoms with van der Waals surface area (Å²) in [5, 5.41) is 7.76. The van der Waals surface area contributed by atoms with Gasteiger partial charge in [-0.25, -0.2) is 4.39 Å². The molecule has 1 atom stereocenters. The predicted octanol–water partition coefficient (Wildman–Crippen LogP) is 5.40. The van der Waals surface area contributed by atoms with Crippen molar-refractivity contribution in [2.45, 2.75) is 71.1 Å². The second kappa shape index (κ2) is 9.67. The van der Waals surface area contributed by atoms with E-state index in [1.165, 1.54) is 6.07 Å². The van der Waals surface area contributed by atoms with Gasteiger partial charge in [0.1, 0.15) is 11.6 Å². The van der Waals surface area contributed by atoms with Crippen molar-refractivity contribution in [3.05, 3.63) is 35.3 Å². The summed E-state index contributed by atoms with van der Waals surface area (Å²) in [6.45, 7) is 2.79. The number of carbonyl (C=O) groups excluding carboxylic acids is 1. The third-order valence-electron chi connectivity index (χ3n) is 6.97. The summed E-state index contributed by atoms with van der Waals surface area (Å²) in [5.74, 6) is -0.562. The van der Waals surface area contributed by atoms with E-state index < -0.39 is 28.6 Å². The van der Waals surface area contributed by atoms with Crippen LogP contribution in [0.1, 0.15) is 57.3 Å². The molecule has 35 heavy (non-hydrogen) atoms. The Morgan fingerprint density at radius 3 is 2.60 bits per heavy atom. The molecule has 1 aliphatic heterocycles. The lowest BCUT2D eigenvalue weighted by Crippen LogP contribution is -2.52. The zero-order chi connectivity index (χ0) is 25.5. The van der Waals surface area contributed by atoms with Crippen LogP contribution in [-0.2, 0) is 17.6 Å². The Hall–Kier alpha value is -2.24. The van der Waals surface area contributed by atoms with Crippen LogP contribution in [0, 0.1) is 11.7 Å². The lowest BCUT2D eigenvalue weighted by molar-refractivity contribution is -0.127. The summed E-state index contributed by atoms with van der Waals surface area (Å²) >= 11 is 0. The van der Waals surface area contributed by atoms with Crippen molar-refractivity contribution in [3.63, 3.8) is 0 Å². The van der Waals surface area contributed by atoms with Crippen molar-refractivity contribution in [2.75, 3.05) is 11.5 Å². The van der Waals surface area contributed by atoms with Gasteiger partial charge < -0.3 is 10.1 Å². The fraction of sp³-hybridized carbons (Fsp3) is 0.583. The highest BCUT2D eigenvalue weighted by molar-refractivity contribution is 8.24. The summed E-state index contributed by atoms with van der Waals surface area (Å²) in [7, 11) is -2.55. The number of fused-ring (bicyclic) bond motifs is 1. The van der Waals surface area contributed by atoms with Gasteiger partial charge in [-0.05, 0) is 64.7 Å². The van der Waals surface area contributed by atoms with E-state index in [4.69, 9.17) is 0 Å². The molecule has 0 spiro atoms. The number of aromatic nitrogens is 2. The largest absolute Gasteiger partial charge is 0.435 e. The fourth-order valence-corrected chi connectivity index (χ4v) is 6.65. The van der Waals surface area contributed by atoms with Crippen LogP contribution in [-0.4, -0.2) is 48.4 Å². The van der Waals surface area contributed by atoms with Crippen LogP contribution in [0.3, 0.4) is 0 Å². The van der Waals surface area contributed by atoms with Crippen molar-refractivity contribution < 1.29 is 31.8 Å². The van der Waals surface area contributed by atoms with Crippen molar-refractivity contribution in [3.8, 4) is 17.0 Å². The molecule has 1 saturated heterocycles. The van der Waals surface area contributed by atoms with Gasteiger partial charge in [0.2, 0.25) is 5.91 Å². The molecule has 1 aliphatic carbocycles. The maximum atomic E-state index is 14.7. The molecule has 2 heterocycles. The second-order valence-electron chi connectivity index (χ2n) is 10.0. The quantitative estimate of drug-likeness (QED) is 0.479. The molecule has 194 valence electrons. The zero-order valence-corrected chi connectivity index (χ0v) is 20.9. The highest BCUT2D eigenvalue weighted by Crippen LogP contribution is 2.47. The molecule has 2 aliphatic rings. The molecule has 11 heteroatoms. The van der Waals surface area contributed by atoms with Crippen molar-refractivity contribution in [1.29, 1.82) is 0 Å². The van der Waals surface area contributed by atoms with E-state index in [2.05, 4.69) is 15.2 Å². The molecule has 0 saturated carbocycles. The number of benzene rings is 1. The molecule has 4 rings (SSSR count). The minimum atomic E-state index is -3.02. The van der Waals surface area contributed by atoms with Crippen LogP contribution in [0.4, 0.5) is 13.2 Å². The van der Waals surface area contributed by atoms with E-state index in [9.17, 15) is 27.1 Å². The van der Waals surface area contributed by atoms with Crippen LogP contribution in [0.5, 0.6) is 5.75 Å². The van der Waals surface area contributed by atoms with Gasteiger partial charge in [-0.2, -0.15) is 24.5 Å². The topological polar surface area (TPSA) is 96.6 Å². The molecule has 1 aromatic heterocycles. The molecule has 1 fully saturated rings. The van der Waals surface area contributed by atoms with Crippen LogP contribution < -0.4 is 10.1 Å². The molecule has 3 N–H and O–H groups in total. The highest BCUT2D eigenvalue weighted by atomic mass is 32.3. The van der Waals surface area contributed by atoms with Gasteiger partial charge in [0.15, 0.2) is 0 Å². The van der Waals surface area contributed by atoms with Crippen molar-refractivity contribution in [1.82, 2.24) is 15.1 Å². The van der Waals surface area contributed by atoms with Crippen molar-refractivity contribution in [2.24, 2.45) is 5.92 Å². The van der Waals surface area contributed by atoms with Crippen LogP contribution in [0.25, 0.3) is 11.3 Å². The minimum absolute atomic E-state index is 0.0519. The summed E-state index contributed by atoms with van der Waals surface area (Å²) in [6.07, 6.45) is 2.46. The first-order chi connectivity index (χ1) is 16.4. The molecule has 1 amide bonds. The average molecular weight is 516 g/mol. The summed E-state index contributed by atoms with van der Waals surface area (Å²) in [4.78, 5) is 13.2. The number of halogens is 3. The van der Waals surface area contributed by atoms with Crippen LogP contribution in [0.2, 0.25) is 0 Å². The number of nitrogens with zero attached hydrogens (tertiary/aromatic N) is 2. The lowest BCUT2D eigenvalue weighted by atomic mass is 9.84. The van der Waals surface area contributed by atoms with E-state index in [0.717, 1.165) is 23.4 Å². The molecule has 1 aromatic carbocycles. The van der Waals surface area contributed by atoms with Gasteiger partial charge in [0.25, 0.3) is 0 Å². The van der Waals surface area contributed by atoms with Crippen LogP contribution >= 0.6 is 10.6 Å².